The topological polar surface area (TPSA) is 40.5 Å². The molecule has 1 aromatic heterocycles. The van der Waals surface area contributed by atoms with Crippen molar-refractivity contribution in [2.75, 3.05) is 6.54 Å². The third-order valence-corrected chi connectivity index (χ3v) is 5.49. The lowest BCUT2D eigenvalue weighted by atomic mass is 10.0. The van der Waals surface area contributed by atoms with E-state index in [0.29, 0.717) is 6.54 Å². The van der Waals surface area contributed by atoms with Gasteiger partial charge in [0.1, 0.15) is 0 Å². The fourth-order valence-corrected chi connectivity index (χ4v) is 4.11. The molecule has 0 aliphatic carbocycles. The molecule has 140 valence electrons. The second-order valence-electron chi connectivity index (χ2n) is 6.93. The van der Waals surface area contributed by atoms with E-state index in [1.807, 2.05) is 6.07 Å². The SMILES string of the molecule is Cc1csc(CN(CCC(=O)O)Cc2cccc(Cc3ccccc3)c2)c1. The van der Waals surface area contributed by atoms with Crippen molar-refractivity contribution in [3.8, 4) is 0 Å². The van der Waals surface area contributed by atoms with Gasteiger partial charge in [-0.1, -0.05) is 54.6 Å². The molecule has 3 rings (SSSR count). The number of hydrogen-bond donors (Lipinski definition) is 1. The molecule has 1 heterocycles. The molecule has 27 heavy (non-hydrogen) atoms. The molecule has 0 bridgehead atoms. The number of carboxylic acid groups (broad SMARTS) is 1. The van der Waals surface area contributed by atoms with Gasteiger partial charge in [-0.15, -0.1) is 11.3 Å². The monoisotopic (exact) mass is 379 g/mol. The van der Waals surface area contributed by atoms with Crippen LogP contribution >= 0.6 is 11.3 Å². The van der Waals surface area contributed by atoms with Gasteiger partial charge in [-0.05, 0) is 47.0 Å². The van der Waals surface area contributed by atoms with Gasteiger partial charge in [0.25, 0.3) is 0 Å². The van der Waals surface area contributed by atoms with E-state index in [9.17, 15) is 4.79 Å². The molecule has 0 spiro atoms. The maximum atomic E-state index is 11.0. The predicted octanol–water partition coefficient (Wildman–Crippen LogP) is 5.12. The minimum absolute atomic E-state index is 0.161. The first-order chi connectivity index (χ1) is 13.1. The zero-order valence-corrected chi connectivity index (χ0v) is 16.4. The highest BCUT2D eigenvalue weighted by Gasteiger charge is 2.11. The fourth-order valence-electron chi connectivity index (χ4n) is 3.19. The fraction of sp³-hybridized carbons (Fsp3) is 0.261. The summed E-state index contributed by atoms with van der Waals surface area (Å²) in [5.41, 5.74) is 5.07. The van der Waals surface area contributed by atoms with Crippen molar-refractivity contribution in [2.24, 2.45) is 0 Å². The molecule has 3 aromatic rings. The lowest BCUT2D eigenvalue weighted by molar-refractivity contribution is -0.137. The van der Waals surface area contributed by atoms with Gasteiger partial charge in [0.2, 0.25) is 0 Å². The van der Waals surface area contributed by atoms with E-state index in [2.05, 4.69) is 71.8 Å². The number of hydrogen-bond acceptors (Lipinski definition) is 3. The first-order valence-electron chi connectivity index (χ1n) is 9.18. The zero-order valence-electron chi connectivity index (χ0n) is 15.6. The van der Waals surface area contributed by atoms with Gasteiger partial charge < -0.3 is 5.11 Å². The van der Waals surface area contributed by atoms with Crippen molar-refractivity contribution in [2.45, 2.75) is 32.9 Å². The Morgan fingerprint density at radius 3 is 2.41 bits per heavy atom. The highest BCUT2D eigenvalue weighted by molar-refractivity contribution is 7.10. The number of carbonyl (C=O) groups is 1. The Labute approximate surface area is 164 Å². The Morgan fingerprint density at radius 2 is 1.70 bits per heavy atom. The van der Waals surface area contributed by atoms with Gasteiger partial charge in [0.05, 0.1) is 6.42 Å². The van der Waals surface area contributed by atoms with Crippen molar-refractivity contribution in [1.82, 2.24) is 4.90 Å². The van der Waals surface area contributed by atoms with E-state index < -0.39 is 5.97 Å². The smallest absolute Gasteiger partial charge is 0.304 e. The van der Waals surface area contributed by atoms with Gasteiger partial charge in [0, 0.05) is 24.5 Å². The predicted molar refractivity (Wildman–Crippen MR) is 111 cm³/mol. The van der Waals surface area contributed by atoms with Crippen LogP contribution in [-0.4, -0.2) is 22.5 Å². The number of aliphatic carboxylic acids is 1. The van der Waals surface area contributed by atoms with Gasteiger partial charge in [-0.25, -0.2) is 0 Å². The summed E-state index contributed by atoms with van der Waals surface area (Å²) in [6.45, 7) is 4.19. The lowest BCUT2D eigenvalue weighted by Gasteiger charge is -2.21. The van der Waals surface area contributed by atoms with Crippen LogP contribution in [0.2, 0.25) is 0 Å². The second-order valence-corrected chi connectivity index (χ2v) is 7.92. The van der Waals surface area contributed by atoms with Gasteiger partial charge in [-0.3, -0.25) is 9.69 Å². The first kappa shape index (κ1) is 19.3. The summed E-state index contributed by atoms with van der Waals surface area (Å²) in [5.74, 6) is -0.750. The molecule has 0 unspecified atom stereocenters. The largest absolute Gasteiger partial charge is 0.481 e. The van der Waals surface area contributed by atoms with Crippen LogP contribution in [0.1, 0.15) is 33.6 Å². The molecule has 2 aromatic carbocycles. The Hall–Kier alpha value is -2.43. The average Bonchev–Trinajstić information content (AvgIpc) is 3.06. The Bertz CT molecular complexity index is 873. The molecule has 0 amide bonds. The van der Waals surface area contributed by atoms with Crippen LogP contribution < -0.4 is 0 Å². The summed E-state index contributed by atoms with van der Waals surface area (Å²) in [4.78, 5) is 14.5. The molecular weight excluding hydrogens is 354 g/mol. The van der Waals surface area contributed by atoms with Crippen LogP contribution in [0.25, 0.3) is 0 Å². The van der Waals surface area contributed by atoms with Crippen LogP contribution in [-0.2, 0) is 24.3 Å². The molecule has 0 aliphatic heterocycles. The van der Waals surface area contributed by atoms with E-state index in [1.165, 1.54) is 27.1 Å². The van der Waals surface area contributed by atoms with Crippen molar-refractivity contribution in [3.05, 3.63) is 93.2 Å². The number of benzene rings is 2. The van der Waals surface area contributed by atoms with E-state index >= 15 is 0 Å². The summed E-state index contributed by atoms with van der Waals surface area (Å²) in [6, 6.07) is 21.2. The van der Waals surface area contributed by atoms with Gasteiger partial charge in [0.15, 0.2) is 0 Å². The van der Waals surface area contributed by atoms with Crippen LogP contribution in [0, 0.1) is 6.92 Å². The van der Waals surface area contributed by atoms with Crippen LogP contribution in [0.4, 0.5) is 0 Å². The standard InChI is InChI=1S/C23H25NO2S/c1-18-12-22(27-17-18)16-24(11-10-23(25)26)15-21-9-5-8-20(14-21)13-19-6-3-2-4-7-19/h2-9,12,14,17H,10-11,13,15-16H2,1H3,(H,25,26). The molecule has 0 aliphatic rings. The van der Waals surface area contributed by atoms with Crippen LogP contribution in [0.5, 0.6) is 0 Å². The normalized spacial score (nSPS) is 11.0. The van der Waals surface area contributed by atoms with Gasteiger partial charge >= 0.3 is 5.97 Å². The molecule has 1 N–H and O–H groups in total. The van der Waals surface area contributed by atoms with E-state index in [4.69, 9.17) is 5.11 Å². The maximum absolute atomic E-state index is 11.0. The molecule has 0 saturated heterocycles. The lowest BCUT2D eigenvalue weighted by Crippen LogP contribution is -2.25. The number of thiophene rings is 1. The molecule has 0 atom stereocenters. The van der Waals surface area contributed by atoms with Crippen molar-refractivity contribution >= 4 is 17.3 Å². The Balaban J connectivity index is 1.70. The third-order valence-electron chi connectivity index (χ3n) is 4.45. The summed E-state index contributed by atoms with van der Waals surface area (Å²) in [5, 5.41) is 11.2. The van der Waals surface area contributed by atoms with E-state index in [-0.39, 0.29) is 6.42 Å². The van der Waals surface area contributed by atoms with Crippen LogP contribution in [0.3, 0.4) is 0 Å². The first-order valence-corrected chi connectivity index (χ1v) is 10.1. The number of carboxylic acids is 1. The summed E-state index contributed by atoms with van der Waals surface area (Å²) >= 11 is 1.74. The molecule has 0 fully saturated rings. The Kier molecular flexibility index (Phi) is 6.80. The molecule has 0 radical (unpaired) electrons. The molecule has 4 heteroatoms. The van der Waals surface area contributed by atoms with E-state index in [0.717, 1.165) is 19.5 Å². The molecular formula is C23H25NO2S. The minimum Gasteiger partial charge on any atom is -0.481 e. The van der Waals surface area contributed by atoms with Gasteiger partial charge in [-0.2, -0.15) is 0 Å². The highest BCUT2D eigenvalue weighted by Crippen LogP contribution is 2.19. The third kappa shape index (κ3) is 6.35. The minimum atomic E-state index is -0.750. The summed E-state index contributed by atoms with van der Waals surface area (Å²) in [6.07, 6.45) is 1.07. The number of rotatable bonds is 9. The van der Waals surface area contributed by atoms with Crippen molar-refractivity contribution in [3.63, 3.8) is 0 Å². The van der Waals surface area contributed by atoms with Crippen molar-refractivity contribution < 1.29 is 9.90 Å². The second kappa shape index (κ2) is 9.49. The Morgan fingerprint density at radius 1 is 0.963 bits per heavy atom. The quantitative estimate of drug-likeness (QED) is 0.561. The maximum Gasteiger partial charge on any atom is 0.304 e. The molecule has 3 nitrogen and oxygen atoms in total. The van der Waals surface area contributed by atoms with Crippen molar-refractivity contribution in [1.29, 1.82) is 0 Å². The molecule has 0 saturated carbocycles. The highest BCUT2D eigenvalue weighted by atomic mass is 32.1. The average molecular weight is 380 g/mol. The summed E-state index contributed by atoms with van der Waals surface area (Å²) in [7, 11) is 0. The van der Waals surface area contributed by atoms with E-state index in [1.54, 1.807) is 11.3 Å². The summed E-state index contributed by atoms with van der Waals surface area (Å²) < 4.78 is 0. The zero-order chi connectivity index (χ0) is 19.1. The number of aryl methyl sites for hydroxylation is 1. The number of nitrogens with zero attached hydrogens (tertiary/aromatic N) is 1. The van der Waals surface area contributed by atoms with Crippen LogP contribution in [0.15, 0.2) is 66.0 Å².